The molecular weight excluding hydrogens is 961 g/mol. The van der Waals surface area contributed by atoms with Crippen LogP contribution in [0.4, 0.5) is 28.4 Å². The van der Waals surface area contributed by atoms with Crippen LogP contribution in [-0.4, -0.2) is 121 Å². The Hall–Kier alpha value is -6.79. The summed E-state index contributed by atoms with van der Waals surface area (Å²) in [5.74, 6) is 1.99. The molecule has 0 radical (unpaired) electrons. The summed E-state index contributed by atoms with van der Waals surface area (Å²) >= 11 is 1.79. The van der Waals surface area contributed by atoms with Crippen molar-refractivity contribution < 1.29 is 47.5 Å². The summed E-state index contributed by atoms with van der Waals surface area (Å²) in [6.07, 6.45) is 4.31. The number of amides is 3. The van der Waals surface area contributed by atoms with Crippen LogP contribution in [0.3, 0.4) is 0 Å². The molecule has 0 aliphatic carbocycles. The van der Waals surface area contributed by atoms with E-state index >= 15 is 0 Å². The minimum Gasteiger partial charge on any atom is -0.493 e. The fourth-order valence-corrected chi connectivity index (χ4v) is 11.1. The Labute approximate surface area is 437 Å². The van der Waals surface area contributed by atoms with E-state index in [1.165, 1.54) is 0 Å². The van der Waals surface area contributed by atoms with Gasteiger partial charge in [-0.15, -0.1) is 0 Å². The number of nitrogens with two attached hydrogens (primary N) is 1. The fraction of sp³-hybridized carbons (Fsp3) is 0.404. The average molecular weight is 1030 g/mol. The SMILES string of the molecule is COCCOCCOCCN(CC(C)(C)SCCCC(N)=O)c1cc(COc2cc3c(cc2OC)C(=O)N2c4ccccc4C[C@H]2C=N3)cc(COc2cc3c(cc2OC)C(=O)N2c4ccccc4C[C@H]2CN3)c1. The smallest absolute Gasteiger partial charge is 0.261 e. The molecule has 9 rings (SSSR count). The minimum atomic E-state index is -0.307. The second-order valence-corrected chi connectivity index (χ2v) is 21.2. The number of thioether (sulfide) groups is 1. The van der Waals surface area contributed by atoms with E-state index in [0.717, 1.165) is 51.5 Å². The molecule has 5 aromatic carbocycles. The minimum absolute atomic E-state index is 0.0241. The van der Waals surface area contributed by atoms with Crippen LogP contribution in [0, 0.1) is 0 Å². The number of anilines is 4. The Morgan fingerprint density at radius 1 is 0.757 bits per heavy atom. The third kappa shape index (κ3) is 11.9. The van der Waals surface area contributed by atoms with Gasteiger partial charge in [-0.25, -0.2) is 0 Å². The second kappa shape index (κ2) is 23.6. The third-order valence-electron chi connectivity index (χ3n) is 13.6. The Bertz CT molecular complexity index is 2880. The van der Waals surface area contributed by atoms with E-state index in [2.05, 4.69) is 42.3 Å². The van der Waals surface area contributed by atoms with Crippen LogP contribution in [0.1, 0.15) is 69.7 Å². The molecule has 3 amide bonds. The second-order valence-electron chi connectivity index (χ2n) is 19.4. The highest BCUT2D eigenvalue weighted by Crippen LogP contribution is 2.43. The van der Waals surface area contributed by atoms with Crippen molar-refractivity contribution in [1.29, 1.82) is 0 Å². The van der Waals surface area contributed by atoms with Crippen molar-refractivity contribution in [2.24, 2.45) is 10.7 Å². The Balaban J connectivity index is 1.01. The molecule has 3 N–H and O–H groups in total. The number of aliphatic imine (C=N–C) groups is 1. The molecule has 0 spiro atoms. The molecule has 16 nitrogen and oxygen atoms in total. The van der Waals surface area contributed by atoms with Gasteiger partial charge in [0.25, 0.3) is 11.8 Å². The predicted octanol–water partition coefficient (Wildman–Crippen LogP) is 8.41. The number of carbonyl (C=O) groups excluding carboxylic acids is 3. The highest BCUT2D eigenvalue weighted by atomic mass is 32.2. The zero-order valence-electron chi connectivity index (χ0n) is 42.9. The fourth-order valence-electron chi connectivity index (χ4n) is 10.1. The van der Waals surface area contributed by atoms with Gasteiger partial charge in [-0.2, -0.15) is 11.8 Å². The van der Waals surface area contributed by atoms with Gasteiger partial charge in [-0.3, -0.25) is 24.3 Å². The van der Waals surface area contributed by atoms with Crippen molar-refractivity contribution in [2.45, 2.75) is 69.6 Å². The number of nitrogens with one attached hydrogen (secondary N) is 1. The molecule has 390 valence electrons. The lowest BCUT2D eigenvalue weighted by atomic mass is 10.1. The van der Waals surface area contributed by atoms with Gasteiger partial charge in [0.15, 0.2) is 23.0 Å². The Morgan fingerprint density at radius 2 is 1.38 bits per heavy atom. The molecule has 0 saturated carbocycles. The van der Waals surface area contributed by atoms with Gasteiger partial charge in [0, 0.05) is 79.7 Å². The van der Waals surface area contributed by atoms with Crippen LogP contribution in [-0.2, 0) is 45.1 Å². The summed E-state index contributed by atoms with van der Waals surface area (Å²) in [6.45, 7) is 8.77. The van der Waals surface area contributed by atoms with Crippen LogP contribution in [0.2, 0.25) is 0 Å². The summed E-state index contributed by atoms with van der Waals surface area (Å²) in [5, 5.41) is 3.54. The Morgan fingerprint density at radius 3 is 2.07 bits per heavy atom. The first-order valence-corrected chi connectivity index (χ1v) is 26.2. The van der Waals surface area contributed by atoms with Gasteiger partial charge in [0.05, 0.1) is 81.8 Å². The van der Waals surface area contributed by atoms with Gasteiger partial charge >= 0.3 is 0 Å². The van der Waals surface area contributed by atoms with Gasteiger partial charge in [0.1, 0.15) is 13.2 Å². The normalized spacial score (nSPS) is 16.2. The highest BCUT2D eigenvalue weighted by molar-refractivity contribution is 8.00. The van der Waals surface area contributed by atoms with E-state index in [-0.39, 0.29) is 47.8 Å². The number of fused-ring (bicyclic) bond motifs is 8. The van der Waals surface area contributed by atoms with E-state index in [0.29, 0.717) is 117 Å². The number of hydrogen-bond donors (Lipinski definition) is 2. The van der Waals surface area contributed by atoms with E-state index in [1.54, 1.807) is 51.3 Å². The van der Waals surface area contributed by atoms with Crippen molar-refractivity contribution >= 4 is 64.1 Å². The van der Waals surface area contributed by atoms with Crippen LogP contribution >= 0.6 is 11.8 Å². The maximum atomic E-state index is 14.2. The first kappa shape index (κ1) is 52.1. The number of rotatable bonds is 25. The molecule has 0 saturated heterocycles. The number of benzene rings is 5. The molecule has 4 aliphatic heterocycles. The van der Waals surface area contributed by atoms with Crippen LogP contribution in [0.5, 0.6) is 23.0 Å². The summed E-state index contributed by atoms with van der Waals surface area (Å²) in [4.78, 5) is 50.9. The highest BCUT2D eigenvalue weighted by Gasteiger charge is 2.39. The lowest BCUT2D eigenvalue weighted by Crippen LogP contribution is -2.39. The largest absolute Gasteiger partial charge is 0.493 e. The monoisotopic (exact) mass is 1030 g/mol. The lowest BCUT2D eigenvalue weighted by Gasteiger charge is -2.34. The van der Waals surface area contributed by atoms with E-state index < -0.39 is 0 Å². The standard InChI is InChI=1S/C57H66N6O10S/c1-57(2,74-22-10-15-54(58)64)36-61(16-17-70-20-21-71-19-18-67-3)41-24-37(34-72-52-30-46-44(28-50(52)68-4)55(65)62-42(32-59-46)26-39-11-6-8-13-48(39)62)23-38(25-41)35-73-53-31-47-45(29-51(53)69-5)56(66)63-43(33-60-47)27-40-12-7-9-14-49(40)63/h6-9,11-14,23-25,28-32,42-43,60H,10,15-22,26-27,33-36H2,1-5H3,(H2,58,64)/t42-,43-/m0/s1. The van der Waals surface area contributed by atoms with Crippen LogP contribution in [0.15, 0.2) is 96.0 Å². The quantitative estimate of drug-likeness (QED) is 0.0534. The van der Waals surface area contributed by atoms with Crippen molar-refractivity contribution in [2.75, 3.05) is 99.8 Å². The van der Waals surface area contributed by atoms with Gasteiger partial charge in [-0.1, -0.05) is 36.4 Å². The third-order valence-corrected chi connectivity index (χ3v) is 15.0. The van der Waals surface area contributed by atoms with Crippen molar-refractivity contribution in [3.05, 3.63) is 124 Å². The summed E-state index contributed by atoms with van der Waals surface area (Å²) < 4.78 is 41.7. The zero-order chi connectivity index (χ0) is 51.8. The topological polar surface area (TPSA) is 176 Å². The molecule has 74 heavy (non-hydrogen) atoms. The maximum Gasteiger partial charge on any atom is 0.261 e. The molecule has 4 heterocycles. The maximum absolute atomic E-state index is 14.2. The zero-order valence-corrected chi connectivity index (χ0v) is 43.7. The first-order chi connectivity index (χ1) is 35.9. The number of methoxy groups -OCH3 is 3. The number of hydrogen-bond acceptors (Lipinski definition) is 14. The van der Waals surface area contributed by atoms with Gasteiger partial charge < -0.3 is 54.0 Å². The number of ether oxygens (including phenoxy) is 7. The van der Waals surface area contributed by atoms with Crippen molar-refractivity contribution in [1.82, 2.24) is 0 Å². The van der Waals surface area contributed by atoms with E-state index in [4.69, 9.17) is 43.9 Å². The molecular formula is C57H66N6O10S. The summed E-state index contributed by atoms with van der Waals surface area (Å²) in [6, 6.07) is 29.2. The molecule has 0 unspecified atom stereocenters. The van der Waals surface area contributed by atoms with Gasteiger partial charge in [0.2, 0.25) is 5.91 Å². The van der Waals surface area contributed by atoms with E-state index in [9.17, 15) is 14.4 Å². The number of primary amides is 1. The molecule has 0 bridgehead atoms. The van der Waals surface area contributed by atoms with E-state index in [1.807, 2.05) is 70.6 Å². The number of carbonyl (C=O) groups is 3. The lowest BCUT2D eigenvalue weighted by molar-refractivity contribution is -0.118. The Kier molecular flexibility index (Phi) is 16.6. The summed E-state index contributed by atoms with van der Waals surface area (Å²) in [5.41, 5.74) is 14.3. The summed E-state index contributed by atoms with van der Waals surface area (Å²) in [7, 11) is 4.78. The van der Waals surface area contributed by atoms with Gasteiger partial charge in [-0.05, 0) is 97.2 Å². The van der Waals surface area contributed by atoms with Crippen LogP contribution < -0.4 is 44.7 Å². The molecule has 0 fully saturated rings. The molecule has 5 aromatic rings. The number of nitrogens with zero attached hydrogens (tertiary/aromatic N) is 4. The van der Waals surface area contributed by atoms with Crippen LogP contribution in [0.25, 0.3) is 0 Å². The molecule has 4 aliphatic rings. The molecule has 17 heteroatoms. The van der Waals surface area contributed by atoms with Crippen molar-refractivity contribution in [3.8, 4) is 23.0 Å². The van der Waals surface area contributed by atoms with Crippen molar-refractivity contribution in [3.63, 3.8) is 0 Å². The average Bonchev–Trinajstić information content (AvgIpc) is 3.89. The predicted molar refractivity (Wildman–Crippen MR) is 290 cm³/mol. The first-order valence-electron chi connectivity index (χ1n) is 25.2. The molecule has 0 aromatic heterocycles. The molecule has 2 atom stereocenters. The number of para-hydroxylation sites is 2.